The molecular formula is C16H17FN2O. The zero-order valence-corrected chi connectivity index (χ0v) is 11.3. The van der Waals surface area contributed by atoms with Crippen LogP contribution in [-0.4, -0.2) is 5.91 Å². The van der Waals surface area contributed by atoms with Crippen molar-refractivity contribution in [3.8, 4) is 0 Å². The van der Waals surface area contributed by atoms with Crippen molar-refractivity contribution in [2.24, 2.45) is 5.73 Å². The second-order valence-corrected chi connectivity index (χ2v) is 4.55. The van der Waals surface area contributed by atoms with E-state index in [0.717, 1.165) is 12.0 Å². The summed E-state index contributed by atoms with van der Waals surface area (Å²) in [7, 11) is 0. The number of carbonyl (C=O) groups excluding carboxylic acids is 1. The second kappa shape index (κ2) is 6.19. The number of nitrogens with one attached hydrogen (secondary N) is 1. The van der Waals surface area contributed by atoms with Crippen LogP contribution < -0.4 is 11.1 Å². The van der Waals surface area contributed by atoms with Crippen LogP contribution in [0.15, 0.2) is 48.5 Å². The molecule has 0 bridgehead atoms. The highest BCUT2D eigenvalue weighted by atomic mass is 19.1. The minimum Gasteiger partial charge on any atom is -0.368 e. The first-order valence-corrected chi connectivity index (χ1v) is 6.51. The van der Waals surface area contributed by atoms with Crippen molar-refractivity contribution in [2.45, 2.75) is 19.4 Å². The highest BCUT2D eigenvalue weighted by molar-refractivity contribution is 5.84. The van der Waals surface area contributed by atoms with Crippen molar-refractivity contribution in [1.82, 2.24) is 0 Å². The summed E-state index contributed by atoms with van der Waals surface area (Å²) in [6.07, 6.45) is 0.919. The standard InChI is InChI=1S/C16H17FN2O/c1-2-11-7-9-12(10-8-11)15(16(18)20)19-14-6-4-3-5-13(14)17/h3-10,15,19H,2H2,1H3,(H2,18,20). The second-order valence-electron chi connectivity index (χ2n) is 4.55. The highest BCUT2D eigenvalue weighted by Crippen LogP contribution is 2.22. The molecule has 20 heavy (non-hydrogen) atoms. The van der Waals surface area contributed by atoms with Gasteiger partial charge >= 0.3 is 0 Å². The van der Waals surface area contributed by atoms with Crippen LogP contribution in [0, 0.1) is 5.82 Å². The van der Waals surface area contributed by atoms with Gasteiger partial charge in [0.05, 0.1) is 5.69 Å². The number of rotatable bonds is 5. The van der Waals surface area contributed by atoms with E-state index in [-0.39, 0.29) is 5.69 Å². The molecule has 0 heterocycles. The van der Waals surface area contributed by atoms with Gasteiger partial charge < -0.3 is 11.1 Å². The molecular weight excluding hydrogens is 255 g/mol. The normalized spacial score (nSPS) is 11.9. The maximum Gasteiger partial charge on any atom is 0.244 e. The zero-order chi connectivity index (χ0) is 14.5. The molecule has 0 saturated carbocycles. The predicted octanol–water partition coefficient (Wildman–Crippen LogP) is 3.03. The molecule has 0 saturated heterocycles. The molecule has 1 unspecified atom stereocenters. The fourth-order valence-electron chi connectivity index (χ4n) is 2.00. The zero-order valence-electron chi connectivity index (χ0n) is 11.3. The van der Waals surface area contributed by atoms with E-state index in [2.05, 4.69) is 12.2 Å². The Bertz CT molecular complexity index is 596. The third-order valence-corrected chi connectivity index (χ3v) is 3.18. The summed E-state index contributed by atoms with van der Waals surface area (Å²) in [4.78, 5) is 11.6. The average molecular weight is 272 g/mol. The van der Waals surface area contributed by atoms with Gasteiger partial charge in [0.1, 0.15) is 11.9 Å². The number of aryl methyl sites for hydroxylation is 1. The lowest BCUT2D eigenvalue weighted by Crippen LogP contribution is -2.28. The first-order valence-electron chi connectivity index (χ1n) is 6.51. The van der Waals surface area contributed by atoms with Gasteiger partial charge in [0.25, 0.3) is 0 Å². The van der Waals surface area contributed by atoms with Gasteiger partial charge in [-0.05, 0) is 29.7 Å². The van der Waals surface area contributed by atoms with Crippen LogP contribution in [0.4, 0.5) is 10.1 Å². The summed E-state index contributed by atoms with van der Waals surface area (Å²) in [6, 6.07) is 13.0. The van der Waals surface area contributed by atoms with E-state index in [1.165, 1.54) is 11.6 Å². The fourth-order valence-corrected chi connectivity index (χ4v) is 2.00. The van der Waals surface area contributed by atoms with Gasteiger partial charge in [-0.15, -0.1) is 0 Å². The van der Waals surface area contributed by atoms with Crippen molar-refractivity contribution in [3.63, 3.8) is 0 Å². The van der Waals surface area contributed by atoms with E-state index in [1.807, 2.05) is 24.3 Å². The minimum absolute atomic E-state index is 0.260. The number of anilines is 1. The monoisotopic (exact) mass is 272 g/mol. The number of hydrogen-bond acceptors (Lipinski definition) is 2. The first-order chi connectivity index (χ1) is 9.61. The van der Waals surface area contributed by atoms with Crippen molar-refractivity contribution in [1.29, 1.82) is 0 Å². The molecule has 2 rings (SSSR count). The minimum atomic E-state index is -0.752. The molecule has 1 amide bonds. The van der Waals surface area contributed by atoms with Crippen molar-refractivity contribution < 1.29 is 9.18 Å². The Hall–Kier alpha value is -2.36. The Morgan fingerprint density at radius 3 is 2.40 bits per heavy atom. The van der Waals surface area contributed by atoms with E-state index < -0.39 is 17.8 Å². The van der Waals surface area contributed by atoms with Crippen LogP contribution in [-0.2, 0) is 11.2 Å². The predicted molar refractivity (Wildman–Crippen MR) is 77.8 cm³/mol. The van der Waals surface area contributed by atoms with Gasteiger partial charge in [-0.3, -0.25) is 4.79 Å². The topological polar surface area (TPSA) is 55.1 Å². The third-order valence-electron chi connectivity index (χ3n) is 3.18. The highest BCUT2D eigenvalue weighted by Gasteiger charge is 2.18. The maximum absolute atomic E-state index is 13.6. The lowest BCUT2D eigenvalue weighted by molar-refractivity contribution is -0.118. The summed E-state index contributed by atoms with van der Waals surface area (Å²) in [5, 5.41) is 2.85. The first kappa shape index (κ1) is 14.1. The molecule has 3 N–H and O–H groups in total. The van der Waals surface area contributed by atoms with Gasteiger partial charge in [-0.25, -0.2) is 4.39 Å². The summed E-state index contributed by atoms with van der Waals surface area (Å²) >= 11 is 0. The van der Waals surface area contributed by atoms with Gasteiger partial charge in [0.2, 0.25) is 5.91 Å². The number of halogens is 1. The smallest absolute Gasteiger partial charge is 0.244 e. The number of hydrogen-bond donors (Lipinski definition) is 2. The number of benzene rings is 2. The Balaban J connectivity index is 2.27. The van der Waals surface area contributed by atoms with Crippen LogP contribution in [0.1, 0.15) is 24.1 Å². The molecule has 0 fully saturated rings. The van der Waals surface area contributed by atoms with Crippen LogP contribution in [0.25, 0.3) is 0 Å². The Morgan fingerprint density at radius 2 is 1.85 bits per heavy atom. The summed E-state index contributed by atoms with van der Waals surface area (Å²) < 4.78 is 13.6. The van der Waals surface area contributed by atoms with Gasteiger partial charge in [0.15, 0.2) is 0 Å². The van der Waals surface area contributed by atoms with Crippen molar-refractivity contribution in [3.05, 3.63) is 65.5 Å². The van der Waals surface area contributed by atoms with E-state index >= 15 is 0 Å². The third kappa shape index (κ3) is 3.15. The number of primary amides is 1. The van der Waals surface area contributed by atoms with Crippen LogP contribution in [0.5, 0.6) is 0 Å². The van der Waals surface area contributed by atoms with E-state index in [4.69, 9.17) is 5.73 Å². The van der Waals surface area contributed by atoms with Gasteiger partial charge in [0, 0.05) is 0 Å². The lowest BCUT2D eigenvalue weighted by Gasteiger charge is -2.18. The van der Waals surface area contributed by atoms with Crippen molar-refractivity contribution in [2.75, 3.05) is 5.32 Å². The lowest BCUT2D eigenvalue weighted by atomic mass is 10.0. The Morgan fingerprint density at radius 1 is 1.20 bits per heavy atom. The van der Waals surface area contributed by atoms with Gasteiger partial charge in [-0.1, -0.05) is 43.3 Å². The molecule has 0 aliphatic heterocycles. The molecule has 0 radical (unpaired) electrons. The summed E-state index contributed by atoms with van der Waals surface area (Å²) in [5.74, 6) is -0.957. The molecule has 0 aromatic heterocycles. The van der Waals surface area contributed by atoms with E-state index in [0.29, 0.717) is 0 Å². The number of para-hydroxylation sites is 1. The van der Waals surface area contributed by atoms with Crippen LogP contribution >= 0.6 is 0 Å². The van der Waals surface area contributed by atoms with Crippen LogP contribution in [0.3, 0.4) is 0 Å². The number of amides is 1. The fraction of sp³-hybridized carbons (Fsp3) is 0.188. The number of nitrogens with two attached hydrogens (primary N) is 1. The van der Waals surface area contributed by atoms with Crippen LogP contribution in [0.2, 0.25) is 0 Å². The maximum atomic E-state index is 13.6. The van der Waals surface area contributed by atoms with Crippen molar-refractivity contribution >= 4 is 11.6 Å². The molecule has 1 atom stereocenters. The van der Waals surface area contributed by atoms with Gasteiger partial charge in [-0.2, -0.15) is 0 Å². The SMILES string of the molecule is CCc1ccc(C(Nc2ccccc2F)C(N)=O)cc1. The molecule has 104 valence electrons. The van der Waals surface area contributed by atoms with E-state index in [1.54, 1.807) is 18.2 Å². The largest absolute Gasteiger partial charge is 0.368 e. The Labute approximate surface area is 117 Å². The van der Waals surface area contributed by atoms with E-state index in [9.17, 15) is 9.18 Å². The molecule has 2 aromatic rings. The Kier molecular flexibility index (Phi) is 4.35. The molecule has 4 heteroatoms. The summed E-state index contributed by atoms with van der Waals surface area (Å²) in [6.45, 7) is 2.05. The molecule has 0 aliphatic rings. The molecule has 2 aromatic carbocycles. The average Bonchev–Trinajstić information content (AvgIpc) is 2.46. The molecule has 0 aliphatic carbocycles. The number of carbonyl (C=O) groups is 1. The molecule has 3 nitrogen and oxygen atoms in total. The quantitative estimate of drug-likeness (QED) is 0.879. The molecule has 0 spiro atoms. The summed E-state index contributed by atoms with van der Waals surface area (Å²) in [5.41, 5.74) is 7.56.